The van der Waals surface area contributed by atoms with E-state index in [-0.39, 0.29) is 13.2 Å². The molecule has 8 heteroatoms. The van der Waals surface area contributed by atoms with Crippen molar-refractivity contribution >= 4 is 17.9 Å². The molecule has 0 aliphatic carbocycles. The van der Waals surface area contributed by atoms with E-state index in [0.29, 0.717) is 0 Å². The van der Waals surface area contributed by atoms with Crippen molar-refractivity contribution in [2.24, 2.45) is 0 Å². The molecule has 0 radical (unpaired) electrons. The zero-order valence-electron chi connectivity index (χ0n) is 13.6. The van der Waals surface area contributed by atoms with Gasteiger partial charge >= 0.3 is 17.9 Å². The normalized spacial score (nSPS) is 27.5. The van der Waals surface area contributed by atoms with Crippen LogP contribution in [0, 0.1) is 0 Å². The fourth-order valence-electron chi connectivity index (χ4n) is 2.10. The van der Waals surface area contributed by atoms with Gasteiger partial charge in [0.15, 0.2) is 24.6 Å². The van der Waals surface area contributed by atoms with Crippen LogP contribution in [-0.4, -0.2) is 55.7 Å². The van der Waals surface area contributed by atoms with Crippen molar-refractivity contribution in [2.75, 3.05) is 13.2 Å². The van der Waals surface area contributed by atoms with E-state index in [9.17, 15) is 14.4 Å². The van der Waals surface area contributed by atoms with E-state index in [1.807, 2.05) is 6.92 Å². The Bertz CT molecular complexity index is 458. The van der Waals surface area contributed by atoms with Crippen LogP contribution in [0.1, 0.15) is 27.7 Å². The Hall–Kier alpha value is -1.93. The highest BCUT2D eigenvalue weighted by Gasteiger charge is 2.47. The molecular weight excluding hydrogens is 308 g/mol. The summed E-state index contributed by atoms with van der Waals surface area (Å²) in [4.78, 5) is 33.9. The summed E-state index contributed by atoms with van der Waals surface area (Å²) in [6.45, 7) is 5.65. The smallest absolute Gasteiger partial charge is 0.303 e. The van der Waals surface area contributed by atoms with Gasteiger partial charge in [0.25, 0.3) is 0 Å². The summed E-state index contributed by atoms with van der Waals surface area (Å²) in [7, 11) is 0. The van der Waals surface area contributed by atoms with Crippen LogP contribution in [0.4, 0.5) is 0 Å². The lowest BCUT2D eigenvalue weighted by Crippen LogP contribution is -2.58. The van der Waals surface area contributed by atoms with Crippen LogP contribution in [0.15, 0.2) is 12.2 Å². The van der Waals surface area contributed by atoms with Gasteiger partial charge in [0, 0.05) is 20.8 Å². The fraction of sp³-hybridized carbons (Fsp3) is 0.667. The molecule has 0 aromatic heterocycles. The van der Waals surface area contributed by atoms with Crippen LogP contribution in [0.5, 0.6) is 0 Å². The number of rotatable bonds is 6. The molecule has 0 bridgehead atoms. The second kappa shape index (κ2) is 9.26. The Labute approximate surface area is 134 Å². The average molecular weight is 330 g/mol. The molecule has 23 heavy (non-hydrogen) atoms. The minimum atomic E-state index is -1.04. The maximum absolute atomic E-state index is 11.4. The van der Waals surface area contributed by atoms with Crippen LogP contribution in [0.2, 0.25) is 0 Å². The monoisotopic (exact) mass is 330 g/mol. The number of allylic oxidation sites excluding steroid dienone is 1. The zero-order valence-corrected chi connectivity index (χ0v) is 13.6. The quantitative estimate of drug-likeness (QED) is 0.399. The summed E-state index contributed by atoms with van der Waals surface area (Å²) in [6, 6.07) is 0. The van der Waals surface area contributed by atoms with Gasteiger partial charge in [-0.3, -0.25) is 14.4 Å². The number of hydrogen-bond donors (Lipinski definition) is 0. The van der Waals surface area contributed by atoms with E-state index in [0.717, 1.165) is 0 Å². The van der Waals surface area contributed by atoms with Crippen LogP contribution in [0.3, 0.4) is 0 Å². The molecule has 1 aliphatic rings. The van der Waals surface area contributed by atoms with Gasteiger partial charge in [-0.1, -0.05) is 12.2 Å². The number of hydrogen-bond acceptors (Lipinski definition) is 8. The molecule has 4 atom stereocenters. The minimum Gasteiger partial charge on any atom is -0.456 e. The highest BCUT2D eigenvalue weighted by atomic mass is 16.7. The van der Waals surface area contributed by atoms with Crippen molar-refractivity contribution in [1.29, 1.82) is 0 Å². The molecule has 0 spiro atoms. The Kier molecular flexibility index (Phi) is 7.70. The topological polar surface area (TPSA) is 97.4 Å². The van der Waals surface area contributed by atoms with E-state index in [1.165, 1.54) is 20.8 Å². The van der Waals surface area contributed by atoms with Crippen LogP contribution < -0.4 is 0 Å². The lowest BCUT2D eigenvalue weighted by Gasteiger charge is -2.40. The fourth-order valence-corrected chi connectivity index (χ4v) is 2.10. The molecule has 0 amide bonds. The van der Waals surface area contributed by atoms with Crippen molar-refractivity contribution < 1.29 is 38.1 Å². The van der Waals surface area contributed by atoms with Crippen LogP contribution in [-0.2, 0) is 38.1 Å². The Morgan fingerprint density at radius 1 is 1.00 bits per heavy atom. The molecule has 8 nitrogen and oxygen atoms in total. The van der Waals surface area contributed by atoms with Crippen molar-refractivity contribution in [2.45, 2.75) is 52.3 Å². The summed E-state index contributed by atoms with van der Waals surface area (Å²) in [5.41, 5.74) is 0. The standard InChI is InChI=1S/C15H22O8/c1-5-6-7-19-15-14(23-11(4)18)13(22-10(3)17)12(8-20-15)21-9(2)16/h5-6,12-15H,7-8H2,1-4H3/b6-5+/t12-,13+,14-,15+/m1/s1. The molecule has 1 rings (SSSR count). The number of carbonyl (C=O) groups excluding carboxylic acids is 3. The molecule has 0 saturated carbocycles. The first kappa shape index (κ1) is 19.1. The maximum Gasteiger partial charge on any atom is 0.303 e. The molecule has 1 aliphatic heterocycles. The molecule has 1 fully saturated rings. The molecule has 0 aromatic carbocycles. The molecule has 1 saturated heterocycles. The highest BCUT2D eigenvalue weighted by Crippen LogP contribution is 2.25. The van der Waals surface area contributed by atoms with Gasteiger partial charge in [0.2, 0.25) is 0 Å². The van der Waals surface area contributed by atoms with E-state index in [1.54, 1.807) is 12.2 Å². The van der Waals surface area contributed by atoms with Gasteiger partial charge in [-0.25, -0.2) is 0 Å². The molecule has 0 N–H and O–H groups in total. The Morgan fingerprint density at radius 2 is 1.57 bits per heavy atom. The average Bonchev–Trinajstić information content (AvgIpc) is 2.43. The predicted molar refractivity (Wildman–Crippen MR) is 77.2 cm³/mol. The summed E-state index contributed by atoms with van der Waals surface area (Å²) < 4.78 is 26.4. The summed E-state index contributed by atoms with van der Waals surface area (Å²) in [5, 5.41) is 0. The first-order chi connectivity index (χ1) is 10.8. The first-order valence-corrected chi connectivity index (χ1v) is 7.21. The third-order valence-electron chi connectivity index (χ3n) is 2.90. The summed E-state index contributed by atoms with van der Waals surface area (Å²) >= 11 is 0. The van der Waals surface area contributed by atoms with Crippen molar-refractivity contribution in [3.63, 3.8) is 0 Å². The Morgan fingerprint density at radius 3 is 2.09 bits per heavy atom. The van der Waals surface area contributed by atoms with Gasteiger partial charge in [0.05, 0.1) is 13.2 Å². The SMILES string of the molecule is C/C=C/CO[C@H]1OC[C@@H](OC(C)=O)[C@H](OC(C)=O)[C@H]1OC(C)=O. The molecule has 1 heterocycles. The van der Waals surface area contributed by atoms with Gasteiger partial charge in [-0.15, -0.1) is 0 Å². The minimum absolute atomic E-state index is 0.0458. The number of ether oxygens (including phenoxy) is 5. The van der Waals surface area contributed by atoms with Crippen molar-refractivity contribution in [3.8, 4) is 0 Å². The molecule has 130 valence electrons. The van der Waals surface area contributed by atoms with E-state index in [2.05, 4.69) is 0 Å². The van der Waals surface area contributed by atoms with Crippen LogP contribution in [0.25, 0.3) is 0 Å². The van der Waals surface area contributed by atoms with Gasteiger partial charge in [-0.2, -0.15) is 0 Å². The molecule has 0 unspecified atom stereocenters. The van der Waals surface area contributed by atoms with E-state index < -0.39 is 42.5 Å². The third-order valence-corrected chi connectivity index (χ3v) is 2.90. The van der Waals surface area contributed by atoms with Crippen LogP contribution >= 0.6 is 0 Å². The summed E-state index contributed by atoms with van der Waals surface area (Å²) in [5.74, 6) is -1.76. The lowest BCUT2D eigenvalue weighted by atomic mass is 10.0. The number of esters is 3. The maximum atomic E-state index is 11.4. The van der Waals surface area contributed by atoms with E-state index in [4.69, 9.17) is 23.7 Å². The number of carbonyl (C=O) groups is 3. The van der Waals surface area contributed by atoms with Gasteiger partial charge < -0.3 is 23.7 Å². The van der Waals surface area contributed by atoms with Gasteiger partial charge in [0.1, 0.15) is 0 Å². The predicted octanol–water partition coefficient (Wildman–Crippen LogP) is 0.730. The third kappa shape index (κ3) is 6.37. The second-order valence-electron chi connectivity index (χ2n) is 4.90. The van der Waals surface area contributed by atoms with Crippen molar-refractivity contribution in [3.05, 3.63) is 12.2 Å². The largest absolute Gasteiger partial charge is 0.456 e. The van der Waals surface area contributed by atoms with E-state index >= 15 is 0 Å². The lowest BCUT2D eigenvalue weighted by molar-refractivity contribution is -0.278. The Balaban J connectivity index is 2.96. The highest BCUT2D eigenvalue weighted by molar-refractivity contribution is 5.68. The zero-order chi connectivity index (χ0) is 17.4. The first-order valence-electron chi connectivity index (χ1n) is 7.21. The summed E-state index contributed by atoms with van der Waals surface area (Å²) in [6.07, 6.45) is -0.347. The van der Waals surface area contributed by atoms with Crippen molar-refractivity contribution in [1.82, 2.24) is 0 Å². The van der Waals surface area contributed by atoms with Gasteiger partial charge in [-0.05, 0) is 6.92 Å². The molecule has 0 aromatic rings. The second-order valence-corrected chi connectivity index (χ2v) is 4.90. The molecular formula is C15H22O8.